The first kappa shape index (κ1) is 20.8. The molecule has 5 aliphatic rings. The molecule has 6 rings (SSSR count). The minimum atomic E-state index is -0.128. The summed E-state index contributed by atoms with van der Waals surface area (Å²) < 4.78 is 0. The van der Waals surface area contributed by atoms with Gasteiger partial charge in [-0.3, -0.25) is 9.59 Å². The third-order valence-corrected chi connectivity index (χ3v) is 8.21. The second-order valence-electron chi connectivity index (χ2n) is 10.6. The molecular weight excluding hydrogens is 384 g/mol. The van der Waals surface area contributed by atoms with Gasteiger partial charge in [-0.2, -0.15) is 0 Å². The molecule has 0 atom stereocenters. The SMILES string of the molecule is CCCCCCCN1C(=O)/C(=C/NC23CC4CC(CC(C4)C2)C3)C(=O)c2ccccc21. The Morgan fingerprint density at radius 1 is 0.968 bits per heavy atom. The quantitative estimate of drug-likeness (QED) is 0.337. The van der Waals surface area contributed by atoms with Gasteiger partial charge in [0.2, 0.25) is 5.78 Å². The molecule has 1 aromatic rings. The lowest BCUT2D eigenvalue weighted by Gasteiger charge is -2.57. The molecule has 0 spiro atoms. The molecule has 4 aliphatic carbocycles. The highest BCUT2D eigenvalue weighted by Gasteiger charge is 2.50. The van der Waals surface area contributed by atoms with E-state index in [0.717, 1.165) is 36.3 Å². The first-order valence-corrected chi connectivity index (χ1v) is 12.5. The highest BCUT2D eigenvalue weighted by molar-refractivity contribution is 6.34. The van der Waals surface area contributed by atoms with Gasteiger partial charge in [0, 0.05) is 23.8 Å². The van der Waals surface area contributed by atoms with Crippen molar-refractivity contribution in [1.82, 2.24) is 5.32 Å². The zero-order valence-electron chi connectivity index (χ0n) is 18.9. The van der Waals surface area contributed by atoms with Crippen molar-refractivity contribution in [3.05, 3.63) is 41.6 Å². The zero-order valence-corrected chi connectivity index (χ0v) is 18.9. The maximum absolute atomic E-state index is 13.4. The van der Waals surface area contributed by atoms with Crippen LogP contribution in [0.3, 0.4) is 0 Å². The number of nitrogens with one attached hydrogen (secondary N) is 1. The van der Waals surface area contributed by atoms with Crippen LogP contribution in [0.1, 0.15) is 87.9 Å². The minimum Gasteiger partial charge on any atom is -0.385 e. The predicted molar refractivity (Wildman–Crippen MR) is 124 cm³/mol. The van der Waals surface area contributed by atoms with Crippen LogP contribution in [0.25, 0.3) is 0 Å². The predicted octanol–water partition coefficient (Wildman–Crippen LogP) is 5.63. The summed E-state index contributed by atoms with van der Waals surface area (Å²) in [7, 11) is 0. The molecule has 1 heterocycles. The fourth-order valence-electron chi connectivity index (χ4n) is 7.13. The Hall–Kier alpha value is -2.10. The number of unbranched alkanes of at least 4 members (excludes halogenated alkanes) is 4. The van der Waals surface area contributed by atoms with Crippen molar-refractivity contribution in [1.29, 1.82) is 0 Å². The number of rotatable bonds is 8. The van der Waals surface area contributed by atoms with Crippen LogP contribution in [0.15, 0.2) is 36.0 Å². The van der Waals surface area contributed by atoms with E-state index in [1.165, 1.54) is 57.8 Å². The van der Waals surface area contributed by atoms with E-state index in [1.54, 1.807) is 6.20 Å². The van der Waals surface area contributed by atoms with E-state index in [0.29, 0.717) is 17.7 Å². The first-order valence-electron chi connectivity index (χ1n) is 12.5. The van der Waals surface area contributed by atoms with Crippen LogP contribution in [0.4, 0.5) is 5.69 Å². The van der Waals surface area contributed by atoms with Crippen molar-refractivity contribution < 1.29 is 9.59 Å². The molecule has 1 aliphatic heterocycles. The van der Waals surface area contributed by atoms with E-state index in [1.807, 2.05) is 29.2 Å². The Balaban J connectivity index is 1.36. The molecule has 4 nitrogen and oxygen atoms in total. The number of para-hydroxylation sites is 1. The van der Waals surface area contributed by atoms with Crippen molar-refractivity contribution in [3.63, 3.8) is 0 Å². The lowest BCUT2D eigenvalue weighted by Crippen LogP contribution is -2.57. The van der Waals surface area contributed by atoms with E-state index in [9.17, 15) is 9.59 Å². The third kappa shape index (κ3) is 3.94. The zero-order chi connectivity index (χ0) is 21.4. The topological polar surface area (TPSA) is 49.4 Å². The Morgan fingerprint density at radius 3 is 2.29 bits per heavy atom. The lowest BCUT2D eigenvalue weighted by atomic mass is 9.53. The molecule has 0 radical (unpaired) electrons. The van der Waals surface area contributed by atoms with E-state index >= 15 is 0 Å². The summed E-state index contributed by atoms with van der Waals surface area (Å²) in [5.74, 6) is 2.23. The monoisotopic (exact) mass is 420 g/mol. The van der Waals surface area contributed by atoms with Gasteiger partial charge in [-0.05, 0) is 74.8 Å². The number of anilines is 1. The maximum Gasteiger partial charge on any atom is 0.263 e. The number of fused-ring (bicyclic) bond motifs is 1. The van der Waals surface area contributed by atoms with Crippen LogP contribution < -0.4 is 10.2 Å². The van der Waals surface area contributed by atoms with Gasteiger partial charge < -0.3 is 10.2 Å². The number of ketones is 1. The summed E-state index contributed by atoms with van der Waals surface area (Å²) in [6, 6.07) is 7.61. The van der Waals surface area contributed by atoms with Gasteiger partial charge in [0.05, 0.1) is 5.69 Å². The number of nitrogens with zero attached hydrogens (tertiary/aromatic N) is 1. The number of hydrogen-bond acceptors (Lipinski definition) is 3. The highest BCUT2D eigenvalue weighted by atomic mass is 16.2. The molecule has 0 aromatic heterocycles. The van der Waals surface area contributed by atoms with Gasteiger partial charge in [0.15, 0.2) is 0 Å². The number of Topliss-reactive ketones (excluding diaryl/α,β-unsaturated/α-hetero) is 1. The molecule has 166 valence electrons. The molecule has 4 saturated carbocycles. The fourth-order valence-corrected chi connectivity index (χ4v) is 7.13. The second-order valence-corrected chi connectivity index (χ2v) is 10.6. The van der Waals surface area contributed by atoms with Gasteiger partial charge in [-0.25, -0.2) is 0 Å². The van der Waals surface area contributed by atoms with Crippen LogP contribution in [-0.2, 0) is 4.79 Å². The van der Waals surface area contributed by atoms with Gasteiger partial charge >= 0.3 is 0 Å². The second kappa shape index (κ2) is 8.44. The summed E-state index contributed by atoms with van der Waals surface area (Å²) in [5, 5.41) is 3.66. The molecule has 31 heavy (non-hydrogen) atoms. The highest BCUT2D eigenvalue weighted by Crippen LogP contribution is 2.55. The molecule has 0 unspecified atom stereocenters. The van der Waals surface area contributed by atoms with E-state index in [2.05, 4.69) is 12.2 Å². The Labute approximate surface area is 186 Å². The Bertz CT molecular complexity index is 852. The Morgan fingerprint density at radius 2 is 1.61 bits per heavy atom. The first-order chi connectivity index (χ1) is 15.1. The Kier molecular flexibility index (Phi) is 5.66. The van der Waals surface area contributed by atoms with Crippen molar-refractivity contribution in [3.8, 4) is 0 Å². The smallest absolute Gasteiger partial charge is 0.263 e. The molecule has 0 saturated heterocycles. The molecule has 4 bridgehead atoms. The summed E-state index contributed by atoms with van der Waals surface area (Å²) in [4.78, 5) is 28.5. The lowest BCUT2D eigenvalue weighted by molar-refractivity contribution is -0.115. The number of carbonyl (C=O) groups excluding carboxylic acids is 2. The standard InChI is InChI=1S/C27H36N2O2/c1-2-3-4-5-8-11-29-24-10-7-6-9-22(24)25(30)23(26(29)31)18-28-27-15-19-12-20(16-27)14-21(13-19)17-27/h6-7,9-10,18-21,28H,2-5,8,11-17H2,1H3/b23-18+. The van der Waals surface area contributed by atoms with Gasteiger partial charge in [0.1, 0.15) is 5.57 Å². The molecule has 4 fully saturated rings. The molecule has 1 amide bonds. The number of carbonyl (C=O) groups is 2. The maximum atomic E-state index is 13.4. The van der Waals surface area contributed by atoms with Gasteiger partial charge in [-0.1, -0.05) is 44.7 Å². The van der Waals surface area contributed by atoms with E-state index in [-0.39, 0.29) is 17.2 Å². The number of amides is 1. The fraction of sp³-hybridized carbons (Fsp3) is 0.630. The summed E-state index contributed by atoms with van der Waals surface area (Å²) in [6.07, 6.45) is 15.3. The van der Waals surface area contributed by atoms with Crippen molar-refractivity contribution in [2.24, 2.45) is 17.8 Å². The number of benzene rings is 1. The van der Waals surface area contributed by atoms with Crippen molar-refractivity contribution >= 4 is 17.4 Å². The minimum absolute atomic E-state index is 0.101. The van der Waals surface area contributed by atoms with Crippen LogP contribution in [0.5, 0.6) is 0 Å². The van der Waals surface area contributed by atoms with Crippen molar-refractivity contribution in [2.45, 2.75) is 83.1 Å². The molecule has 1 N–H and O–H groups in total. The number of hydrogen-bond donors (Lipinski definition) is 1. The largest absolute Gasteiger partial charge is 0.385 e. The van der Waals surface area contributed by atoms with Gasteiger partial charge in [-0.15, -0.1) is 0 Å². The van der Waals surface area contributed by atoms with Crippen LogP contribution >= 0.6 is 0 Å². The molecular formula is C27H36N2O2. The van der Waals surface area contributed by atoms with Crippen molar-refractivity contribution in [2.75, 3.05) is 11.4 Å². The summed E-state index contributed by atoms with van der Waals surface area (Å²) >= 11 is 0. The summed E-state index contributed by atoms with van der Waals surface area (Å²) in [6.45, 7) is 2.89. The van der Waals surface area contributed by atoms with E-state index < -0.39 is 0 Å². The van der Waals surface area contributed by atoms with Crippen LogP contribution in [0, 0.1) is 17.8 Å². The average molecular weight is 421 g/mol. The third-order valence-electron chi connectivity index (χ3n) is 8.21. The summed E-state index contributed by atoms with van der Waals surface area (Å²) in [5.41, 5.74) is 1.86. The van der Waals surface area contributed by atoms with Crippen LogP contribution in [0.2, 0.25) is 0 Å². The molecule has 4 heteroatoms. The van der Waals surface area contributed by atoms with E-state index in [4.69, 9.17) is 0 Å². The van der Waals surface area contributed by atoms with Gasteiger partial charge in [0.25, 0.3) is 5.91 Å². The normalized spacial score (nSPS) is 32.6. The average Bonchev–Trinajstić information content (AvgIpc) is 2.74. The molecule has 1 aromatic carbocycles. The van der Waals surface area contributed by atoms with Crippen LogP contribution in [-0.4, -0.2) is 23.8 Å².